The van der Waals surface area contributed by atoms with E-state index in [1.54, 1.807) is 0 Å². The number of nitrogens with one attached hydrogen (secondary N) is 2. The highest BCUT2D eigenvalue weighted by Gasteiger charge is 2.29. The predicted octanol–water partition coefficient (Wildman–Crippen LogP) is 1.72. The number of nitrogens with zero attached hydrogens (tertiary/aromatic N) is 3. The number of Topliss-reactive ketones (excluding diaryl/α,β-unsaturated/α-hetero) is 2. The third-order valence-corrected chi connectivity index (χ3v) is 6.80. The average molecular weight is 472 g/mol. The zero-order chi connectivity index (χ0) is 22.7. The summed E-state index contributed by atoms with van der Waals surface area (Å²) in [6, 6.07) is 0. The highest BCUT2D eigenvalue weighted by molar-refractivity contribution is 7.12. The van der Waals surface area contributed by atoms with Gasteiger partial charge in [-0.05, 0) is 33.0 Å². The molecule has 9 nitrogen and oxygen atoms in total. The van der Waals surface area contributed by atoms with Crippen molar-refractivity contribution in [3.8, 4) is 0 Å². The second-order valence-electron chi connectivity index (χ2n) is 7.43. The first-order valence-electron chi connectivity index (χ1n) is 10.1. The van der Waals surface area contributed by atoms with Crippen LogP contribution in [-0.4, -0.2) is 71.2 Å². The summed E-state index contributed by atoms with van der Waals surface area (Å²) in [6.07, 6.45) is 4.27. The molecule has 0 atom stereocenters. The SMILES string of the molecule is CN(CCCNC1=CC(=O)c2scnc2C1=O)CCCNC1=CC(=O)c2scnc2C1=O. The molecule has 0 spiro atoms. The minimum atomic E-state index is -0.241. The zero-order valence-corrected chi connectivity index (χ0v) is 19.0. The molecular weight excluding hydrogens is 450 g/mol. The Kier molecular flexibility index (Phi) is 6.68. The predicted molar refractivity (Wildman–Crippen MR) is 120 cm³/mol. The molecule has 0 saturated carbocycles. The van der Waals surface area contributed by atoms with E-state index in [1.807, 2.05) is 7.05 Å². The number of allylic oxidation sites excluding steroid dienone is 4. The van der Waals surface area contributed by atoms with E-state index in [0.717, 1.165) is 25.9 Å². The van der Waals surface area contributed by atoms with Crippen molar-refractivity contribution in [1.29, 1.82) is 0 Å². The standard InChI is InChI=1S/C21H21N5O4S2/c1-26(6-2-4-22-12-8-14(27)20-16(18(12)29)24-10-31-20)7-3-5-23-13-9-15(28)21-17(19(13)30)25-11-32-21/h8-11,22-23H,2-7H2,1H3. The highest BCUT2D eigenvalue weighted by Crippen LogP contribution is 2.23. The molecule has 2 N–H and O–H groups in total. The van der Waals surface area contributed by atoms with E-state index in [4.69, 9.17) is 0 Å². The van der Waals surface area contributed by atoms with Crippen LogP contribution in [0.2, 0.25) is 0 Å². The molecule has 0 aliphatic heterocycles. The first-order valence-corrected chi connectivity index (χ1v) is 11.9. The Morgan fingerprint density at radius 1 is 0.781 bits per heavy atom. The van der Waals surface area contributed by atoms with Gasteiger partial charge in [-0.1, -0.05) is 0 Å². The normalized spacial score (nSPS) is 15.4. The molecule has 166 valence electrons. The number of fused-ring (bicyclic) bond motifs is 2. The summed E-state index contributed by atoms with van der Waals surface area (Å²) in [4.78, 5) is 59.7. The van der Waals surface area contributed by atoms with Crippen molar-refractivity contribution in [3.05, 3.63) is 55.7 Å². The maximum Gasteiger partial charge on any atom is 0.228 e. The lowest BCUT2D eigenvalue weighted by Crippen LogP contribution is -2.31. The fourth-order valence-electron chi connectivity index (χ4n) is 3.46. The molecule has 0 saturated heterocycles. The first-order chi connectivity index (χ1) is 15.5. The summed E-state index contributed by atoms with van der Waals surface area (Å²) in [5, 5.41) is 6.09. The fraction of sp³-hybridized carbons (Fsp3) is 0.333. The van der Waals surface area contributed by atoms with Gasteiger partial charge in [-0.25, -0.2) is 9.97 Å². The highest BCUT2D eigenvalue weighted by atomic mass is 32.1. The molecule has 4 rings (SSSR count). The summed E-state index contributed by atoms with van der Waals surface area (Å²) in [5.74, 6) is -0.854. The molecule has 2 aliphatic rings. The van der Waals surface area contributed by atoms with Crippen molar-refractivity contribution < 1.29 is 19.2 Å². The van der Waals surface area contributed by atoms with Gasteiger partial charge in [0, 0.05) is 25.2 Å². The molecule has 0 amide bonds. The molecule has 0 aromatic carbocycles. The van der Waals surface area contributed by atoms with Gasteiger partial charge in [-0.3, -0.25) is 19.2 Å². The second-order valence-corrected chi connectivity index (χ2v) is 9.14. The van der Waals surface area contributed by atoms with Gasteiger partial charge in [-0.15, -0.1) is 22.7 Å². The number of rotatable bonds is 10. The Morgan fingerprint density at radius 3 is 1.66 bits per heavy atom. The number of thiazole rings is 2. The Morgan fingerprint density at radius 2 is 1.22 bits per heavy atom. The first kappa shape index (κ1) is 22.2. The van der Waals surface area contributed by atoms with E-state index in [0.29, 0.717) is 34.2 Å². The molecule has 0 radical (unpaired) electrons. The largest absolute Gasteiger partial charge is 0.382 e. The second kappa shape index (κ2) is 9.63. The molecule has 2 aromatic heterocycles. The van der Waals surface area contributed by atoms with Gasteiger partial charge < -0.3 is 15.5 Å². The van der Waals surface area contributed by atoms with E-state index in [-0.39, 0.29) is 34.5 Å². The molecule has 32 heavy (non-hydrogen) atoms. The zero-order valence-electron chi connectivity index (χ0n) is 17.3. The van der Waals surface area contributed by atoms with Crippen LogP contribution in [0.15, 0.2) is 34.6 Å². The average Bonchev–Trinajstić information content (AvgIpc) is 3.46. The van der Waals surface area contributed by atoms with Crippen LogP contribution < -0.4 is 10.6 Å². The van der Waals surface area contributed by atoms with Crippen LogP contribution in [0.25, 0.3) is 0 Å². The van der Waals surface area contributed by atoms with Gasteiger partial charge in [0.1, 0.15) is 21.1 Å². The number of ketones is 4. The number of hydrogen-bond acceptors (Lipinski definition) is 11. The van der Waals surface area contributed by atoms with Gasteiger partial charge >= 0.3 is 0 Å². The third kappa shape index (κ3) is 4.59. The number of hydrogen-bond donors (Lipinski definition) is 2. The summed E-state index contributed by atoms with van der Waals surface area (Å²) in [6.45, 7) is 2.72. The molecular formula is C21H21N5O4S2. The number of aromatic nitrogens is 2. The minimum Gasteiger partial charge on any atom is -0.382 e. The lowest BCUT2D eigenvalue weighted by Gasteiger charge is -2.18. The van der Waals surface area contributed by atoms with Crippen LogP contribution in [0.5, 0.6) is 0 Å². The molecule has 0 fully saturated rings. The third-order valence-electron chi connectivity index (χ3n) is 5.12. The Hall–Kier alpha value is -3.02. The van der Waals surface area contributed by atoms with Crippen LogP contribution in [0.1, 0.15) is 53.2 Å². The van der Waals surface area contributed by atoms with E-state index in [1.165, 1.54) is 45.8 Å². The topological polar surface area (TPSA) is 121 Å². The van der Waals surface area contributed by atoms with Gasteiger partial charge in [0.25, 0.3) is 0 Å². The monoisotopic (exact) mass is 471 g/mol. The van der Waals surface area contributed by atoms with E-state index in [9.17, 15) is 19.2 Å². The van der Waals surface area contributed by atoms with Gasteiger partial charge in [0.2, 0.25) is 11.6 Å². The van der Waals surface area contributed by atoms with Crippen LogP contribution in [0.4, 0.5) is 0 Å². The number of carbonyl (C=O) groups is 4. The maximum atomic E-state index is 12.3. The van der Waals surface area contributed by atoms with Crippen LogP contribution in [0.3, 0.4) is 0 Å². The maximum absolute atomic E-state index is 12.3. The van der Waals surface area contributed by atoms with E-state index >= 15 is 0 Å². The summed E-state index contributed by atoms with van der Waals surface area (Å²) in [5.41, 5.74) is 4.07. The van der Waals surface area contributed by atoms with Crippen LogP contribution in [0, 0.1) is 0 Å². The summed E-state index contributed by atoms with van der Waals surface area (Å²) < 4.78 is 0. The number of carbonyl (C=O) groups excluding carboxylic acids is 4. The lowest BCUT2D eigenvalue weighted by molar-refractivity contribution is 0.0977. The van der Waals surface area contributed by atoms with Gasteiger partial charge in [0.05, 0.1) is 22.4 Å². The van der Waals surface area contributed by atoms with E-state index < -0.39 is 0 Å². The summed E-state index contributed by atoms with van der Waals surface area (Å²) in [7, 11) is 1.99. The van der Waals surface area contributed by atoms with Crippen molar-refractivity contribution in [2.24, 2.45) is 0 Å². The van der Waals surface area contributed by atoms with Crippen LogP contribution in [-0.2, 0) is 0 Å². The molecule has 11 heteroatoms. The Labute approximate surface area is 192 Å². The smallest absolute Gasteiger partial charge is 0.228 e. The van der Waals surface area contributed by atoms with Crippen molar-refractivity contribution in [3.63, 3.8) is 0 Å². The van der Waals surface area contributed by atoms with Crippen molar-refractivity contribution in [1.82, 2.24) is 25.5 Å². The van der Waals surface area contributed by atoms with E-state index in [2.05, 4.69) is 25.5 Å². The van der Waals surface area contributed by atoms with Crippen molar-refractivity contribution in [2.45, 2.75) is 12.8 Å². The lowest BCUT2D eigenvalue weighted by atomic mass is 10.0. The summed E-state index contributed by atoms with van der Waals surface area (Å²) >= 11 is 2.36. The Bertz CT molecular complexity index is 1060. The van der Waals surface area contributed by atoms with Crippen LogP contribution >= 0.6 is 22.7 Å². The molecule has 2 aromatic rings. The Balaban J connectivity index is 1.13. The molecule has 0 unspecified atom stereocenters. The van der Waals surface area contributed by atoms with Crippen molar-refractivity contribution >= 4 is 45.8 Å². The van der Waals surface area contributed by atoms with Gasteiger partial charge in [0.15, 0.2) is 11.6 Å². The molecule has 0 bridgehead atoms. The van der Waals surface area contributed by atoms with Gasteiger partial charge in [-0.2, -0.15) is 0 Å². The quantitative estimate of drug-likeness (QED) is 0.499. The minimum absolute atomic E-state index is 0.187. The van der Waals surface area contributed by atoms with Crippen molar-refractivity contribution in [2.75, 3.05) is 33.2 Å². The fourth-order valence-corrected chi connectivity index (χ4v) is 4.85. The molecule has 2 heterocycles. The molecule has 2 aliphatic carbocycles.